The maximum absolute atomic E-state index is 12.9. The molecule has 1 N–H and O–H groups in total. The fourth-order valence-electron chi connectivity index (χ4n) is 5.29. The minimum Gasteiger partial charge on any atom is -0.370 e. The van der Waals surface area contributed by atoms with Gasteiger partial charge >= 0.3 is 5.51 Å². The molecule has 2 atom stereocenters. The number of thioether (sulfide) groups is 1. The van der Waals surface area contributed by atoms with Crippen LogP contribution in [-0.4, -0.2) is 79.1 Å². The molecule has 0 radical (unpaired) electrons. The van der Waals surface area contributed by atoms with Crippen LogP contribution in [0.3, 0.4) is 0 Å². The molecule has 0 saturated carbocycles. The summed E-state index contributed by atoms with van der Waals surface area (Å²) < 4.78 is 37.7. The van der Waals surface area contributed by atoms with Crippen LogP contribution in [0.4, 0.5) is 18.9 Å². The van der Waals surface area contributed by atoms with Crippen molar-refractivity contribution in [1.82, 2.24) is 15.1 Å². The third kappa shape index (κ3) is 9.23. The van der Waals surface area contributed by atoms with Crippen molar-refractivity contribution in [2.24, 2.45) is 0 Å². The molecule has 3 aliphatic rings. The average molecular weight is 557 g/mol. The second kappa shape index (κ2) is 13.4. The molecule has 1 aliphatic carbocycles. The maximum atomic E-state index is 12.9. The first-order chi connectivity index (χ1) is 17.7. The van der Waals surface area contributed by atoms with Crippen molar-refractivity contribution < 1.29 is 18.0 Å². The summed E-state index contributed by atoms with van der Waals surface area (Å²) in [6.07, 6.45) is 9.93. The van der Waals surface area contributed by atoms with Crippen molar-refractivity contribution in [1.29, 1.82) is 0 Å². The predicted molar refractivity (Wildman–Crippen MR) is 146 cm³/mol. The predicted octanol–water partition coefficient (Wildman–Crippen LogP) is 5.68. The summed E-state index contributed by atoms with van der Waals surface area (Å²) >= 11 is 5.95. The number of piperidine rings is 1. The van der Waals surface area contributed by atoms with E-state index in [0.717, 1.165) is 70.0 Å². The van der Waals surface area contributed by atoms with Gasteiger partial charge in [-0.1, -0.05) is 29.8 Å². The number of carbonyl (C=O) groups is 1. The Morgan fingerprint density at radius 2 is 1.89 bits per heavy atom. The van der Waals surface area contributed by atoms with E-state index in [1.54, 1.807) is 12.2 Å². The highest BCUT2D eigenvalue weighted by atomic mass is 35.5. The van der Waals surface area contributed by atoms with E-state index in [1.165, 1.54) is 5.69 Å². The zero-order valence-electron chi connectivity index (χ0n) is 21.1. The topological polar surface area (TPSA) is 38.8 Å². The Morgan fingerprint density at radius 1 is 1.08 bits per heavy atom. The first-order valence-corrected chi connectivity index (χ1v) is 14.4. The normalized spacial score (nSPS) is 23.6. The molecule has 204 valence electrons. The van der Waals surface area contributed by atoms with Crippen molar-refractivity contribution >= 4 is 35.0 Å². The standard InChI is InChI=1S/C27H36ClF3N4OS/c28-21-6-10-24(11-7-21)34-17-3-15-33(18-19-34)14-2-5-26(36)35-16-1-4-23(20-35)32-22-8-12-25(13-9-22)37-27(29,30)31/h6-8,10-13,22-23,32H,1-5,9,14-20H2. The number of amides is 1. The average Bonchev–Trinajstić information content (AvgIpc) is 3.11. The van der Waals surface area contributed by atoms with Gasteiger partial charge in [0.1, 0.15) is 0 Å². The number of nitrogens with one attached hydrogen (secondary N) is 1. The van der Waals surface area contributed by atoms with Gasteiger partial charge in [-0.2, -0.15) is 13.2 Å². The molecule has 2 saturated heterocycles. The first-order valence-electron chi connectivity index (χ1n) is 13.2. The molecule has 5 nitrogen and oxygen atoms in total. The van der Waals surface area contributed by atoms with E-state index in [0.29, 0.717) is 19.4 Å². The fourth-order valence-corrected chi connectivity index (χ4v) is 6.01. The van der Waals surface area contributed by atoms with Crippen molar-refractivity contribution in [3.8, 4) is 0 Å². The van der Waals surface area contributed by atoms with Crippen LogP contribution in [0.1, 0.15) is 38.5 Å². The molecule has 1 amide bonds. The van der Waals surface area contributed by atoms with E-state index in [9.17, 15) is 18.0 Å². The Bertz CT molecular complexity index is 956. The van der Waals surface area contributed by atoms with E-state index in [1.807, 2.05) is 23.1 Å². The number of anilines is 1. The van der Waals surface area contributed by atoms with Crippen molar-refractivity contribution in [2.75, 3.05) is 50.7 Å². The fraction of sp³-hybridized carbons (Fsp3) is 0.593. The van der Waals surface area contributed by atoms with E-state index < -0.39 is 5.51 Å². The first kappa shape index (κ1) is 28.3. The van der Waals surface area contributed by atoms with Crippen LogP contribution in [-0.2, 0) is 4.79 Å². The Labute approximate surface area is 227 Å². The number of allylic oxidation sites excluding steroid dienone is 1. The maximum Gasteiger partial charge on any atom is 0.446 e. The van der Waals surface area contributed by atoms with E-state index in [-0.39, 0.29) is 34.7 Å². The number of hydrogen-bond donors (Lipinski definition) is 1. The van der Waals surface area contributed by atoms with Gasteiger partial charge in [0, 0.05) is 66.8 Å². The number of rotatable bonds is 8. The van der Waals surface area contributed by atoms with Crippen LogP contribution >= 0.6 is 23.4 Å². The molecule has 10 heteroatoms. The van der Waals surface area contributed by atoms with Crippen LogP contribution in [0, 0.1) is 0 Å². The van der Waals surface area contributed by atoms with Crippen LogP contribution in [0.2, 0.25) is 5.02 Å². The lowest BCUT2D eigenvalue weighted by Crippen LogP contribution is -2.50. The SMILES string of the molecule is O=C(CCCN1CCCN(c2ccc(Cl)cc2)CC1)N1CCCC(NC2C=CC(SC(F)(F)F)=CC2)C1. The largest absolute Gasteiger partial charge is 0.446 e. The second-order valence-electron chi connectivity index (χ2n) is 9.96. The quantitative estimate of drug-likeness (QED) is 0.446. The van der Waals surface area contributed by atoms with Gasteiger partial charge in [0.2, 0.25) is 5.91 Å². The molecule has 37 heavy (non-hydrogen) atoms. The van der Waals surface area contributed by atoms with Gasteiger partial charge < -0.3 is 20.0 Å². The summed E-state index contributed by atoms with van der Waals surface area (Å²) in [7, 11) is 0. The van der Waals surface area contributed by atoms with Gasteiger partial charge in [0.25, 0.3) is 0 Å². The number of halogens is 4. The summed E-state index contributed by atoms with van der Waals surface area (Å²) in [6, 6.07) is 8.19. The summed E-state index contributed by atoms with van der Waals surface area (Å²) in [5.41, 5.74) is -3.05. The number of benzene rings is 1. The van der Waals surface area contributed by atoms with Crippen molar-refractivity contribution in [3.63, 3.8) is 0 Å². The number of nitrogens with zero attached hydrogens (tertiary/aromatic N) is 3. The van der Waals surface area contributed by atoms with Gasteiger partial charge in [0.15, 0.2) is 0 Å². The molecule has 0 spiro atoms. The Kier molecular flexibility index (Phi) is 10.3. The summed E-state index contributed by atoms with van der Waals surface area (Å²) in [4.78, 5) is 20.0. The van der Waals surface area contributed by atoms with Crippen LogP contribution < -0.4 is 10.2 Å². The van der Waals surface area contributed by atoms with Gasteiger partial charge in [-0.05, 0) is 81.2 Å². The molecular formula is C27H36ClF3N4OS. The van der Waals surface area contributed by atoms with Gasteiger partial charge in [-0.3, -0.25) is 4.79 Å². The summed E-state index contributed by atoms with van der Waals surface area (Å²) in [5, 5.41) is 4.28. The smallest absolute Gasteiger partial charge is 0.370 e. The highest BCUT2D eigenvalue weighted by molar-refractivity contribution is 8.04. The monoisotopic (exact) mass is 556 g/mol. The van der Waals surface area contributed by atoms with Crippen molar-refractivity contribution in [2.45, 2.75) is 56.1 Å². The highest BCUT2D eigenvalue weighted by Crippen LogP contribution is 2.38. The van der Waals surface area contributed by atoms with E-state index in [4.69, 9.17) is 11.6 Å². The van der Waals surface area contributed by atoms with Gasteiger partial charge in [-0.25, -0.2) is 0 Å². The van der Waals surface area contributed by atoms with Crippen LogP contribution in [0.5, 0.6) is 0 Å². The minimum absolute atomic E-state index is 0.00751. The summed E-state index contributed by atoms with van der Waals surface area (Å²) in [5.74, 6) is 0.201. The molecule has 4 rings (SSSR count). The molecule has 2 heterocycles. The molecule has 2 unspecified atom stereocenters. The molecule has 1 aromatic rings. The number of likely N-dealkylation sites (tertiary alicyclic amines) is 1. The zero-order valence-corrected chi connectivity index (χ0v) is 22.6. The lowest BCUT2D eigenvalue weighted by Gasteiger charge is -2.35. The third-order valence-electron chi connectivity index (χ3n) is 7.17. The molecular weight excluding hydrogens is 521 g/mol. The van der Waals surface area contributed by atoms with E-state index >= 15 is 0 Å². The lowest BCUT2D eigenvalue weighted by atomic mass is 10.0. The van der Waals surface area contributed by atoms with Crippen LogP contribution in [0.25, 0.3) is 0 Å². The minimum atomic E-state index is -4.26. The third-order valence-corrected chi connectivity index (χ3v) is 8.19. The Balaban J connectivity index is 1.15. The molecule has 2 aliphatic heterocycles. The Hall–Kier alpha value is -1.68. The molecule has 0 aromatic heterocycles. The molecule has 1 aromatic carbocycles. The second-order valence-corrected chi connectivity index (χ2v) is 11.5. The lowest BCUT2D eigenvalue weighted by molar-refractivity contribution is -0.132. The summed E-state index contributed by atoms with van der Waals surface area (Å²) in [6.45, 7) is 6.39. The molecule has 0 bridgehead atoms. The van der Waals surface area contributed by atoms with Crippen molar-refractivity contribution in [3.05, 3.63) is 52.4 Å². The highest BCUT2D eigenvalue weighted by Gasteiger charge is 2.31. The van der Waals surface area contributed by atoms with E-state index in [2.05, 4.69) is 27.2 Å². The zero-order chi connectivity index (χ0) is 26.3. The number of hydrogen-bond acceptors (Lipinski definition) is 5. The Morgan fingerprint density at radius 3 is 2.62 bits per heavy atom. The van der Waals surface area contributed by atoms with Crippen LogP contribution in [0.15, 0.2) is 47.4 Å². The van der Waals surface area contributed by atoms with Gasteiger partial charge in [-0.15, -0.1) is 0 Å². The number of carbonyl (C=O) groups excluding carboxylic acids is 1. The molecule has 2 fully saturated rings. The number of alkyl halides is 3. The van der Waals surface area contributed by atoms with Gasteiger partial charge in [0.05, 0.1) is 0 Å².